The maximum absolute atomic E-state index is 8.40. The van der Waals surface area contributed by atoms with Crippen molar-refractivity contribution < 1.29 is 4.74 Å². The van der Waals surface area contributed by atoms with Crippen molar-refractivity contribution in [2.45, 2.75) is 31.3 Å². The summed E-state index contributed by atoms with van der Waals surface area (Å²) in [4.78, 5) is 1.18. The first kappa shape index (κ1) is 11.9. The monoisotopic (exact) mass is 221 g/mol. The van der Waals surface area contributed by atoms with Crippen LogP contribution in [0.3, 0.4) is 0 Å². The predicted molar refractivity (Wildman–Crippen MR) is 63.2 cm³/mol. The zero-order chi connectivity index (χ0) is 11.1. The number of nitrogens with zero attached hydrogens (tertiary/aromatic N) is 1. The minimum Gasteiger partial charge on any atom is -0.491 e. The van der Waals surface area contributed by atoms with E-state index in [9.17, 15) is 0 Å². The summed E-state index contributed by atoms with van der Waals surface area (Å²) in [5.74, 6) is 1.75. The Bertz CT molecular complexity index is 326. The second-order valence-corrected chi connectivity index (χ2v) is 4.56. The molecule has 0 aliphatic heterocycles. The van der Waals surface area contributed by atoms with Gasteiger partial charge in [0, 0.05) is 17.1 Å². The van der Waals surface area contributed by atoms with Crippen LogP contribution in [0.1, 0.15) is 20.3 Å². The van der Waals surface area contributed by atoms with Crippen LogP contribution >= 0.6 is 11.8 Å². The molecule has 0 bridgehead atoms. The van der Waals surface area contributed by atoms with Gasteiger partial charge in [0.25, 0.3) is 0 Å². The van der Waals surface area contributed by atoms with E-state index in [2.05, 4.69) is 6.07 Å². The zero-order valence-corrected chi connectivity index (χ0v) is 9.88. The van der Waals surface area contributed by atoms with Gasteiger partial charge in [-0.2, -0.15) is 5.26 Å². The van der Waals surface area contributed by atoms with Crippen LogP contribution in [0.25, 0.3) is 0 Å². The third-order valence-corrected chi connectivity index (χ3v) is 2.69. The van der Waals surface area contributed by atoms with Crippen molar-refractivity contribution in [2.75, 3.05) is 5.75 Å². The SMILES string of the molecule is CC(C)Oc1ccc(SCCC#N)cc1. The first-order chi connectivity index (χ1) is 7.22. The van der Waals surface area contributed by atoms with Crippen molar-refractivity contribution in [1.29, 1.82) is 5.26 Å². The number of rotatable bonds is 5. The van der Waals surface area contributed by atoms with E-state index in [4.69, 9.17) is 10.00 Å². The van der Waals surface area contributed by atoms with Crippen LogP contribution in [-0.4, -0.2) is 11.9 Å². The maximum atomic E-state index is 8.40. The summed E-state index contributed by atoms with van der Waals surface area (Å²) >= 11 is 1.69. The van der Waals surface area contributed by atoms with Gasteiger partial charge in [-0.25, -0.2) is 0 Å². The first-order valence-corrected chi connectivity index (χ1v) is 5.97. The molecule has 2 nitrogen and oxygen atoms in total. The lowest BCUT2D eigenvalue weighted by atomic mass is 10.3. The number of thioether (sulfide) groups is 1. The Kier molecular flexibility index (Phi) is 5.06. The van der Waals surface area contributed by atoms with Gasteiger partial charge in [0.15, 0.2) is 0 Å². The molecule has 0 spiro atoms. The van der Waals surface area contributed by atoms with Gasteiger partial charge in [0.05, 0.1) is 12.2 Å². The van der Waals surface area contributed by atoms with Gasteiger partial charge in [0.1, 0.15) is 5.75 Å². The first-order valence-electron chi connectivity index (χ1n) is 4.99. The van der Waals surface area contributed by atoms with Gasteiger partial charge in [-0.15, -0.1) is 11.8 Å². The summed E-state index contributed by atoms with van der Waals surface area (Å²) in [6.45, 7) is 4.02. The smallest absolute Gasteiger partial charge is 0.119 e. The van der Waals surface area contributed by atoms with Crippen molar-refractivity contribution in [2.24, 2.45) is 0 Å². The van der Waals surface area contributed by atoms with Crippen LogP contribution in [-0.2, 0) is 0 Å². The van der Waals surface area contributed by atoms with Gasteiger partial charge in [-0.05, 0) is 38.1 Å². The second kappa shape index (κ2) is 6.36. The van der Waals surface area contributed by atoms with E-state index in [-0.39, 0.29) is 6.10 Å². The third kappa shape index (κ3) is 4.75. The Morgan fingerprint density at radius 1 is 1.33 bits per heavy atom. The molecule has 0 unspecified atom stereocenters. The maximum Gasteiger partial charge on any atom is 0.119 e. The number of hydrogen-bond acceptors (Lipinski definition) is 3. The number of hydrogen-bond donors (Lipinski definition) is 0. The Labute approximate surface area is 95.3 Å². The fourth-order valence-corrected chi connectivity index (χ4v) is 1.86. The zero-order valence-electron chi connectivity index (χ0n) is 9.06. The topological polar surface area (TPSA) is 33.0 Å². The lowest BCUT2D eigenvalue weighted by molar-refractivity contribution is 0.242. The molecule has 1 aromatic rings. The summed E-state index contributed by atoms with van der Waals surface area (Å²) in [6, 6.07) is 10.1. The molecule has 80 valence electrons. The fourth-order valence-electron chi connectivity index (χ4n) is 1.10. The van der Waals surface area contributed by atoms with E-state index in [0.29, 0.717) is 6.42 Å². The van der Waals surface area contributed by atoms with E-state index in [1.54, 1.807) is 11.8 Å². The van der Waals surface area contributed by atoms with Gasteiger partial charge in [-0.3, -0.25) is 0 Å². The lowest BCUT2D eigenvalue weighted by Crippen LogP contribution is -2.05. The number of benzene rings is 1. The Morgan fingerprint density at radius 3 is 2.53 bits per heavy atom. The molecule has 0 saturated carbocycles. The normalized spacial score (nSPS) is 10.0. The molecule has 0 fully saturated rings. The standard InChI is InChI=1S/C12H15NOS/c1-10(2)14-11-4-6-12(7-5-11)15-9-3-8-13/h4-7,10H,3,9H2,1-2H3. The minimum absolute atomic E-state index is 0.210. The number of nitriles is 1. The summed E-state index contributed by atoms with van der Waals surface area (Å²) in [5, 5.41) is 8.40. The largest absolute Gasteiger partial charge is 0.491 e. The Hall–Kier alpha value is -1.14. The summed E-state index contributed by atoms with van der Waals surface area (Å²) in [7, 11) is 0. The van der Waals surface area contributed by atoms with Crippen LogP contribution in [0.15, 0.2) is 29.2 Å². The molecule has 1 aromatic carbocycles. The molecule has 0 saturated heterocycles. The fraction of sp³-hybridized carbons (Fsp3) is 0.417. The molecular formula is C12H15NOS. The van der Waals surface area contributed by atoms with Crippen LogP contribution in [0, 0.1) is 11.3 Å². The van der Waals surface area contributed by atoms with Crippen LogP contribution in [0.5, 0.6) is 5.75 Å². The van der Waals surface area contributed by atoms with E-state index in [0.717, 1.165) is 11.5 Å². The molecule has 0 heterocycles. The highest BCUT2D eigenvalue weighted by Crippen LogP contribution is 2.22. The second-order valence-electron chi connectivity index (χ2n) is 3.39. The van der Waals surface area contributed by atoms with E-state index in [1.165, 1.54) is 4.90 Å². The Morgan fingerprint density at radius 2 is 2.00 bits per heavy atom. The van der Waals surface area contributed by atoms with Crippen molar-refractivity contribution in [3.63, 3.8) is 0 Å². The van der Waals surface area contributed by atoms with Crippen LogP contribution < -0.4 is 4.74 Å². The van der Waals surface area contributed by atoms with Gasteiger partial charge in [-0.1, -0.05) is 0 Å². The van der Waals surface area contributed by atoms with Crippen molar-refractivity contribution >= 4 is 11.8 Å². The molecule has 15 heavy (non-hydrogen) atoms. The van der Waals surface area contributed by atoms with Gasteiger partial charge < -0.3 is 4.74 Å². The predicted octanol–water partition coefficient (Wildman–Crippen LogP) is 3.48. The molecule has 1 rings (SSSR count). The molecule has 0 N–H and O–H groups in total. The van der Waals surface area contributed by atoms with E-state index >= 15 is 0 Å². The molecule has 0 aliphatic rings. The van der Waals surface area contributed by atoms with Crippen LogP contribution in [0.4, 0.5) is 0 Å². The lowest BCUT2D eigenvalue weighted by Gasteiger charge is -2.09. The van der Waals surface area contributed by atoms with Crippen molar-refractivity contribution in [3.8, 4) is 11.8 Å². The van der Waals surface area contributed by atoms with Crippen molar-refractivity contribution in [3.05, 3.63) is 24.3 Å². The molecule has 0 radical (unpaired) electrons. The van der Waals surface area contributed by atoms with Gasteiger partial charge >= 0.3 is 0 Å². The third-order valence-electron chi connectivity index (χ3n) is 1.68. The molecule has 0 atom stereocenters. The summed E-state index contributed by atoms with van der Waals surface area (Å²) < 4.78 is 5.53. The molecular weight excluding hydrogens is 206 g/mol. The van der Waals surface area contributed by atoms with Crippen molar-refractivity contribution in [1.82, 2.24) is 0 Å². The highest BCUT2D eigenvalue weighted by molar-refractivity contribution is 7.99. The highest BCUT2D eigenvalue weighted by atomic mass is 32.2. The summed E-state index contributed by atoms with van der Waals surface area (Å²) in [6.07, 6.45) is 0.802. The molecule has 0 aromatic heterocycles. The minimum atomic E-state index is 0.210. The summed E-state index contributed by atoms with van der Waals surface area (Å²) in [5.41, 5.74) is 0. The van der Waals surface area contributed by atoms with Gasteiger partial charge in [0.2, 0.25) is 0 Å². The number of ether oxygens (including phenoxy) is 1. The molecule has 3 heteroatoms. The van der Waals surface area contributed by atoms with Crippen LogP contribution in [0.2, 0.25) is 0 Å². The Balaban J connectivity index is 2.46. The van der Waals surface area contributed by atoms with E-state index < -0.39 is 0 Å². The average molecular weight is 221 g/mol. The molecule has 0 amide bonds. The highest BCUT2D eigenvalue weighted by Gasteiger charge is 1.98. The van der Waals surface area contributed by atoms with E-state index in [1.807, 2.05) is 38.1 Å². The average Bonchev–Trinajstić information content (AvgIpc) is 2.20. The quantitative estimate of drug-likeness (QED) is 0.563. The molecule has 0 aliphatic carbocycles.